The number of aryl methyl sites for hydroxylation is 1. The zero-order chi connectivity index (χ0) is 21.2. The molecule has 1 aliphatic carbocycles. The van der Waals surface area contributed by atoms with Crippen LogP contribution in [-0.2, 0) is 47.6 Å². The highest BCUT2D eigenvalue weighted by Crippen LogP contribution is 2.39. The number of unbranched alkanes of at least 4 members (excludes halogenated alkanes) is 1. The second-order valence-electron chi connectivity index (χ2n) is 8.96. The maximum Gasteiger partial charge on any atom is 0.494 e. The third-order valence-electron chi connectivity index (χ3n) is 5.90. The van der Waals surface area contributed by atoms with Crippen molar-refractivity contribution in [3.63, 3.8) is 0 Å². The van der Waals surface area contributed by atoms with Crippen LogP contribution in [0.1, 0.15) is 50.3 Å². The van der Waals surface area contributed by atoms with Crippen LogP contribution < -0.4 is 5.46 Å². The summed E-state index contributed by atoms with van der Waals surface area (Å²) in [5.41, 5.74) is 2.77. The van der Waals surface area contributed by atoms with Crippen molar-refractivity contribution in [2.45, 2.75) is 52.9 Å². The maximum absolute atomic E-state index is 12.5. The Hall–Kier alpha value is -1.86. The van der Waals surface area contributed by atoms with Gasteiger partial charge in [0.25, 0.3) is 0 Å². The van der Waals surface area contributed by atoms with Crippen molar-refractivity contribution >= 4 is 24.5 Å². The van der Waals surface area contributed by atoms with Crippen LogP contribution in [0.4, 0.5) is 0 Å². The molecule has 0 spiro atoms. The number of carbonyl (C=O) groups excluding carboxylic acids is 2. The number of benzene rings is 1. The Balaban J connectivity index is 1.97. The molecule has 1 aromatic carbocycles. The van der Waals surface area contributed by atoms with Gasteiger partial charge in [-0.15, -0.1) is 0 Å². The van der Waals surface area contributed by atoms with Crippen molar-refractivity contribution in [2.75, 3.05) is 27.4 Å². The fraction of sp³-hybridized carbons (Fsp3) is 0.636. The highest BCUT2D eigenvalue weighted by molar-refractivity contribution is 6.62. The summed E-state index contributed by atoms with van der Waals surface area (Å²) in [7, 11) is 2.19. The molecule has 1 heterocycles. The molecule has 6 nitrogen and oxygen atoms in total. The number of ether oxygens (including phenoxy) is 2. The third-order valence-corrected chi connectivity index (χ3v) is 5.90. The Bertz CT molecular complexity index is 762. The number of rotatable bonds is 6. The summed E-state index contributed by atoms with van der Waals surface area (Å²) in [5, 5.41) is 0. The molecule has 0 N–H and O–H groups in total. The van der Waals surface area contributed by atoms with Crippen molar-refractivity contribution in [3.8, 4) is 0 Å². The molecule has 2 aliphatic rings. The molecule has 0 bridgehead atoms. The van der Waals surface area contributed by atoms with E-state index in [4.69, 9.17) is 18.8 Å². The molecule has 1 aliphatic heterocycles. The van der Waals surface area contributed by atoms with Crippen LogP contribution in [0.2, 0.25) is 0 Å². The molecular formula is C22H31BO6. The van der Waals surface area contributed by atoms with Crippen LogP contribution in [0.5, 0.6) is 0 Å². The van der Waals surface area contributed by atoms with E-state index in [1.54, 1.807) is 0 Å². The fourth-order valence-electron chi connectivity index (χ4n) is 4.24. The van der Waals surface area contributed by atoms with Crippen LogP contribution in [0.25, 0.3) is 0 Å². The van der Waals surface area contributed by atoms with Crippen LogP contribution >= 0.6 is 0 Å². The lowest BCUT2D eigenvalue weighted by Gasteiger charge is -2.34. The fourth-order valence-corrected chi connectivity index (χ4v) is 4.24. The van der Waals surface area contributed by atoms with Gasteiger partial charge in [-0.3, -0.25) is 9.59 Å². The number of hydrogen-bond donors (Lipinski definition) is 0. The topological polar surface area (TPSA) is 71.1 Å². The van der Waals surface area contributed by atoms with E-state index in [2.05, 4.69) is 32.9 Å². The van der Waals surface area contributed by atoms with E-state index in [-0.39, 0.29) is 11.8 Å². The zero-order valence-corrected chi connectivity index (χ0v) is 18.1. The van der Waals surface area contributed by atoms with E-state index in [1.807, 2.05) is 0 Å². The molecule has 158 valence electrons. The van der Waals surface area contributed by atoms with Crippen molar-refractivity contribution < 1.29 is 28.4 Å². The number of carbonyl (C=O) groups is 2. The number of fused-ring (bicyclic) bond motifs is 1. The summed E-state index contributed by atoms with van der Waals surface area (Å²) in [6.45, 7) is 7.63. The summed E-state index contributed by atoms with van der Waals surface area (Å²) >= 11 is 0. The van der Waals surface area contributed by atoms with Gasteiger partial charge in [-0.05, 0) is 47.8 Å². The number of esters is 2. The van der Waals surface area contributed by atoms with Gasteiger partial charge in [0.2, 0.25) is 0 Å². The van der Waals surface area contributed by atoms with E-state index in [1.165, 1.54) is 14.2 Å². The molecule has 0 atom stereocenters. The van der Waals surface area contributed by atoms with Crippen LogP contribution in [0, 0.1) is 10.8 Å². The van der Waals surface area contributed by atoms with Crippen molar-refractivity contribution in [1.82, 2.24) is 0 Å². The molecule has 1 fully saturated rings. The Morgan fingerprint density at radius 3 is 2.10 bits per heavy atom. The molecular weight excluding hydrogens is 371 g/mol. The highest BCUT2D eigenvalue weighted by Gasteiger charge is 2.53. The SMILES string of the molecule is CCCCc1cc2c(cc1B1OCC(C)(C)CO1)CC(C(=O)OC)(C(=O)OC)C2. The highest BCUT2D eigenvalue weighted by atomic mass is 16.6. The van der Waals surface area contributed by atoms with Gasteiger partial charge >= 0.3 is 19.1 Å². The van der Waals surface area contributed by atoms with Gasteiger partial charge in [-0.25, -0.2) is 0 Å². The predicted molar refractivity (Wildman–Crippen MR) is 110 cm³/mol. The predicted octanol–water partition coefficient (Wildman–Crippen LogP) is 2.23. The van der Waals surface area contributed by atoms with E-state index < -0.39 is 24.5 Å². The smallest absolute Gasteiger partial charge is 0.468 e. The maximum atomic E-state index is 12.5. The first-order valence-corrected chi connectivity index (χ1v) is 10.3. The van der Waals surface area contributed by atoms with Crippen molar-refractivity contribution in [1.29, 1.82) is 0 Å². The van der Waals surface area contributed by atoms with E-state index in [0.29, 0.717) is 19.6 Å². The van der Waals surface area contributed by atoms with Gasteiger partial charge in [0.05, 0.1) is 14.2 Å². The Labute approximate surface area is 173 Å². The van der Waals surface area contributed by atoms with Gasteiger partial charge in [0.15, 0.2) is 5.41 Å². The standard InChI is InChI=1S/C22H31BO6/c1-6-7-8-15-9-16-11-22(19(24)26-4,20(25)27-5)12-17(16)10-18(15)23-28-13-21(2,3)14-29-23/h9-10H,6-8,11-14H2,1-5H3. The van der Waals surface area contributed by atoms with Crippen LogP contribution in [0.15, 0.2) is 12.1 Å². The summed E-state index contributed by atoms with van der Waals surface area (Å²) in [6.07, 6.45) is 3.57. The van der Waals surface area contributed by atoms with Gasteiger partial charge in [-0.1, -0.05) is 39.3 Å². The molecule has 0 amide bonds. The van der Waals surface area contributed by atoms with Gasteiger partial charge in [0.1, 0.15) is 0 Å². The molecule has 1 aromatic rings. The van der Waals surface area contributed by atoms with Gasteiger partial charge < -0.3 is 18.8 Å². The van der Waals surface area contributed by atoms with Crippen LogP contribution in [-0.4, -0.2) is 46.5 Å². The van der Waals surface area contributed by atoms with Crippen molar-refractivity contribution in [2.24, 2.45) is 10.8 Å². The Kier molecular flexibility index (Phi) is 6.39. The lowest BCUT2D eigenvalue weighted by Crippen LogP contribution is -2.48. The minimum Gasteiger partial charge on any atom is -0.468 e. The first-order valence-electron chi connectivity index (χ1n) is 10.3. The number of hydrogen-bond acceptors (Lipinski definition) is 6. The lowest BCUT2D eigenvalue weighted by molar-refractivity contribution is -0.168. The molecule has 7 heteroatoms. The summed E-state index contributed by atoms with van der Waals surface area (Å²) in [5.74, 6) is -1.10. The third kappa shape index (κ3) is 4.21. The minimum absolute atomic E-state index is 0.0122. The van der Waals surface area contributed by atoms with E-state index >= 15 is 0 Å². The normalized spacial score (nSPS) is 19.6. The second-order valence-corrected chi connectivity index (χ2v) is 8.96. The van der Waals surface area contributed by atoms with Crippen molar-refractivity contribution in [3.05, 3.63) is 28.8 Å². The molecule has 0 saturated carbocycles. The number of methoxy groups -OCH3 is 2. The first-order chi connectivity index (χ1) is 13.8. The first kappa shape index (κ1) is 21.8. The zero-order valence-electron chi connectivity index (χ0n) is 18.1. The van der Waals surface area contributed by atoms with E-state index in [9.17, 15) is 9.59 Å². The summed E-state index contributed by atoms with van der Waals surface area (Å²) in [6, 6.07) is 4.16. The average Bonchev–Trinajstić information content (AvgIpc) is 3.10. The van der Waals surface area contributed by atoms with E-state index in [0.717, 1.165) is 41.4 Å². The summed E-state index contributed by atoms with van der Waals surface area (Å²) < 4.78 is 22.0. The molecule has 0 aromatic heterocycles. The monoisotopic (exact) mass is 402 g/mol. The molecule has 29 heavy (non-hydrogen) atoms. The average molecular weight is 402 g/mol. The summed E-state index contributed by atoms with van der Waals surface area (Å²) in [4.78, 5) is 25.1. The minimum atomic E-state index is -1.32. The Morgan fingerprint density at radius 2 is 1.59 bits per heavy atom. The second kappa shape index (κ2) is 8.48. The van der Waals surface area contributed by atoms with Gasteiger partial charge in [0, 0.05) is 18.6 Å². The molecule has 3 rings (SSSR count). The quantitative estimate of drug-likeness (QED) is 0.413. The Morgan fingerprint density at radius 1 is 1.03 bits per heavy atom. The van der Waals surface area contributed by atoms with Crippen LogP contribution in [0.3, 0.4) is 0 Å². The van der Waals surface area contributed by atoms with Gasteiger partial charge in [-0.2, -0.15) is 0 Å². The largest absolute Gasteiger partial charge is 0.494 e. The molecule has 1 saturated heterocycles. The molecule has 0 radical (unpaired) electrons. The lowest BCUT2D eigenvalue weighted by atomic mass is 9.71. The molecule has 0 unspecified atom stereocenters.